The van der Waals surface area contributed by atoms with Crippen molar-refractivity contribution in [3.63, 3.8) is 0 Å². The fourth-order valence-corrected chi connectivity index (χ4v) is 3.75. The van der Waals surface area contributed by atoms with E-state index < -0.39 is 23.8 Å². The van der Waals surface area contributed by atoms with Crippen LogP contribution in [0.4, 0.5) is 22.0 Å². The molecule has 190 valence electrons. The van der Waals surface area contributed by atoms with Gasteiger partial charge in [0.15, 0.2) is 0 Å². The van der Waals surface area contributed by atoms with Gasteiger partial charge < -0.3 is 15.4 Å². The summed E-state index contributed by atoms with van der Waals surface area (Å²) in [6.07, 6.45) is -4.38. The number of nitrogens with zero attached hydrogens (tertiary/aromatic N) is 1. The summed E-state index contributed by atoms with van der Waals surface area (Å²) in [7, 11) is 0. The monoisotopic (exact) mass is 515 g/mol. The van der Waals surface area contributed by atoms with Gasteiger partial charge >= 0.3 is 12.1 Å². The van der Waals surface area contributed by atoms with Crippen LogP contribution in [0.1, 0.15) is 16.1 Å². The first kappa shape index (κ1) is 25.5. The van der Waals surface area contributed by atoms with Crippen molar-refractivity contribution >= 4 is 11.9 Å². The predicted octanol–water partition coefficient (Wildman–Crippen LogP) is 5.61. The van der Waals surface area contributed by atoms with Crippen LogP contribution in [-0.2, 0) is 11.2 Å². The third kappa shape index (κ3) is 5.66. The summed E-state index contributed by atoms with van der Waals surface area (Å²) >= 11 is 0. The fraction of sp³-hybridized carbons (Fsp3) is 0.115. The van der Waals surface area contributed by atoms with Gasteiger partial charge in [-0.2, -0.15) is 13.2 Å². The molecule has 6 nitrogen and oxygen atoms in total. The number of carbonyl (C=O) groups excluding carboxylic acids is 1. The van der Waals surface area contributed by atoms with E-state index in [2.05, 4.69) is 15.3 Å². The molecule has 0 fully saturated rings. The molecule has 0 radical (unpaired) electrons. The maximum atomic E-state index is 14.5. The minimum Gasteiger partial charge on any atom is -0.475 e. The molecule has 3 N–H and O–H groups in total. The molecule has 0 bridgehead atoms. The van der Waals surface area contributed by atoms with E-state index >= 15 is 0 Å². The Hall–Kier alpha value is -4.54. The Morgan fingerprint density at radius 2 is 1.38 bits per heavy atom. The lowest BCUT2D eigenvalue weighted by molar-refractivity contribution is -0.192. The van der Waals surface area contributed by atoms with E-state index in [0.717, 1.165) is 5.69 Å². The normalized spacial score (nSPS) is 12.7. The highest BCUT2D eigenvalue weighted by Gasteiger charge is 2.38. The molecule has 3 heterocycles. The number of hydrogen-bond donors (Lipinski definition) is 3. The molecule has 0 unspecified atom stereocenters. The first-order valence-electron chi connectivity index (χ1n) is 10.9. The molecule has 1 aliphatic heterocycles. The number of carbonyl (C=O) groups is 2. The second-order valence-electron chi connectivity index (χ2n) is 7.97. The Labute approximate surface area is 206 Å². The van der Waals surface area contributed by atoms with Crippen LogP contribution in [0.15, 0.2) is 66.7 Å². The lowest BCUT2D eigenvalue weighted by atomic mass is 10.0. The van der Waals surface area contributed by atoms with Crippen molar-refractivity contribution in [2.24, 2.45) is 0 Å². The second kappa shape index (κ2) is 10.2. The largest absolute Gasteiger partial charge is 0.490 e. The van der Waals surface area contributed by atoms with Crippen molar-refractivity contribution in [3.8, 4) is 33.8 Å². The maximum absolute atomic E-state index is 14.5. The number of alkyl halides is 3. The van der Waals surface area contributed by atoms with Crippen LogP contribution in [0.3, 0.4) is 0 Å². The van der Waals surface area contributed by atoms with Crippen molar-refractivity contribution in [2.75, 3.05) is 6.54 Å². The van der Waals surface area contributed by atoms with Crippen LogP contribution in [0.2, 0.25) is 0 Å². The molecule has 1 aliphatic rings. The van der Waals surface area contributed by atoms with E-state index in [0.29, 0.717) is 52.3 Å². The highest BCUT2D eigenvalue weighted by Crippen LogP contribution is 2.33. The third-order valence-electron chi connectivity index (χ3n) is 5.48. The minimum atomic E-state index is -5.08. The van der Waals surface area contributed by atoms with Gasteiger partial charge in [0.2, 0.25) is 0 Å². The number of halogens is 5. The summed E-state index contributed by atoms with van der Waals surface area (Å²) < 4.78 is 60.7. The van der Waals surface area contributed by atoms with Gasteiger partial charge in [0.05, 0.1) is 17.0 Å². The molecule has 0 saturated carbocycles. The van der Waals surface area contributed by atoms with Gasteiger partial charge in [0, 0.05) is 41.0 Å². The van der Waals surface area contributed by atoms with E-state index in [1.165, 1.54) is 12.1 Å². The number of rotatable bonds is 3. The number of benzene rings is 2. The zero-order chi connectivity index (χ0) is 26.7. The Morgan fingerprint density at radius 1 is 0.865 bits per heavy atom. The number of carboxylic acids is 1. The number of aromatic amines is 1. The van der Waals surface area contributed by atoms with Gasteiger partial charge in [-0.25, -0.2) is 18.6 Å². The predicted molar refractivity (Wildman–Crippen MR) is 125 cm³/mol. The molecule has 0 spiro atoms. The van der Waals surface area contributed by atoms with Crippen molar-refractivity contribution in [2.45, 2.75) is 12.6 Å². The summed E-state index contributed by atoms with van der Waals surface area (Å²) in [4.78, 5) is 28.9. The van der Waals surface area contributed by atoms with Gasteiger partial charge in [-0.1, -0.05) is 24.3 Å². The molecular formula is C26H18F5N3O3. The number of hydrogen-bond acceptors (Lipinski definition) is 3. The van der Waals surface area contributed by atoms with E-state index in [-0.39, 0.29) is 5.91 Å². The van der Waals surface area contributed by atoms with Gasteiger partial charge in [-0.05, 0) is 42.5 Å². The van der Waals surface area contributed by atoms with Crippen LogP contribution in [0.25, 0.3) is 33.8 Å². The third-order valence-corrected chi connectivity index (χ3v) is 5.48. The van der Waals surface area contributed by atoms with Crippen molar-refractivity contribution in [1.82, 2.24) is 15.3 Å². The number of amides is 1. The quantitative estimate of drug-likeness (QED) is 0.309. The van der Waals surface area contributed by atoms with Gasteiger partial charge in [0.25, 0.3) is 5.91 Å². The highest BCUT2D eigenvalue weighted by molar-refractivity contribution is 5.98. The number of fused-ring (bicyclic) bond motifs is 1. The average molecular weight is 515 g/mol. The molecule has 11 heteroatoms. The standard InChI is InChI=1S/C24H17F2N3O.C2HF3O2/c25-18-7-3-1-5-15(18)22-11-14(12-23(29-22)16-6-2-4-8-19(16)26)21-13-17-20(28-21)9-10-27-24(17)30;3-2(4,5)1(6)7/h1-8,11-13,28H,9-10H2,(H,27,30);(H,6,7). The number of nitrogens with one attached hydrogen (secondary N) is 2. The summed E-state index contributed by atoms with van der Waals surface area (Å²) in [6, 6.07) is 18.0. The molecule has 37 heavy (non-hydrogen) atoms. The van der Waals surface area contributed by atoms with Gasteiger partial charge in [-0.15, -0.1) is 0 Å². The topological polar surface area (TPSA) is 95.1 Å². The Morgan fingerprint density at radius 3 is 1.84 bits per heavy atom. The molecule has 0 aliphatic carbocycles. The van der Waals surface area contributed by atoms with Crippen LogP contribution < -0.4 is 5.32 Å². The summed E-state index contributed by atoms with van der Waals surface area (Å²) in [6.45, 7) is 0.573. The smallest absolute Gasteiger partial charge is 0.475 e. The Bertz CT molecular complexity index is 1420. The maximum Gasteiger partial charge on any atom is 0.490 e. The Balaban J connectivity index is 0.000000405. The zero-order valence-corrected chi connectivity index (χ0v) is 18.9. The number of aromatic nitrogens is 2. The molecule has 5 rings (SSSR count). The highest BCUT2D eigenvalue weighted by atomic mass is 19.4. The first-order valence-corrected chi connectivity index (χ1v) is 10.9. The second-order valence-corrected chi connectivity index (χ2v) is 7.97. The summed E-state index contributed by atoms with van der Waals surface area (Å²) in [5, 5.41) is 9.95. The van der Waals surface area contributed by atoms with Crippen molar-refractivity contribution in [3.05, 3.63) is 89.6 Å². The molecule has 4 aromatic rings. The number of pyridine rings is 1. The van der Waals surface area contributed by atoms with E-state index in [4.69, 9.17) is 9.90 Å². The molecule has 1 amide bonds. The summed E-state index contributed by atoms with van der Waals surface area (Å²) in [5.41, 5.74) is 4.27. The minimum absolute atomic E-state index is 0.128. The number of carboxylic acid groups (broad SMARTS) is 1. The molecule has 0 saturated heterocycles. The SMILES string of the molecule is O=C(O)C(F)(F)F.O=C1NCCc2[nH]c(-c3cc(-c4ccccc4F)nc(-c4ccccc4F)c3)cc21. The van der Waals surface area contributed by atoms with Gasteiger partial charge in [-0.3, -0.25) is 4.79 Å². The van der Waals surface area contributed by atoms with Crippen molar-refractivity contribution in [1.29, 1.82) is 0 Å². The zero-order valence-electron chi connectivity index (χ0n) is 18.9. The number of aliphatic carboxylic acids is 1. The average Bonchev–Trinajstić information content (AvgIpc) is 3.30. The molecular weight excluding hydrogens is 497 g/mol. The number of H-pyrrole nitrogens is 1. The van der Waals surface area contributed by atoms with Crippen LogP contribution in [0, 0.1) is 11.6 Å². The van der Waals surface area contributed by atoms with Gasteiger partial charge in [0.1, 0.15) is 11.6 Å². The Kier molecular flexibility index (Phi) is 7.05. The fourth-order valence-electron chi connectivity index (χ4n) is 3.75. The molecule has 2 aromatic heterocycles. The van der Waals surface area contributed by atoms with Crippen LogP contribution in [0.5, 0.6) is 0 Å². The van der Waals surface area contributed by atoms with E-state index in [1.54, 1.807) is 54.6 Å². The van der Waals surface area contributed by atoms with Crippen molar-refractivity contribution < 1.29 is 36.6 Å². The van der Waals surface area contributed by atoms with E-state index in [9.17, 15) is 26.7 Å². The molecule has 2 aromatic carbocycles. The van der Waals surface area contributed by atoms with Crippen LogP contribution >= 0.6 is 0 Å². The van der Waals surface area contributed by atoms with Crippen LogP contribution in [-0.4, -0.2) is 39.7 Å². The lowest BCUT2D eigenvalue weighted by Crippen LogP contribution is -2.31. The first-order chi connectivity index (χ1) is 17.5. The summed E-state index contributed by atoms with van der Waals surface area (Å²) in [5.74, 6) is -3.71. The molecule has 0 atom stereocenters. The van der Waals surface area contributed by atoms with E-state index in [1.807, 2.05) is 0 Å². The lowest BCUT2D eigenvalue weighted by Gasteiger charge is -2.11.